The highest BCUT2D eigenvalue weighted by molar-refractivity contribution is 7.89. The van der Waals surface area contributed by atoms with Crippen molar-refractivity contribution in [1.82, 2.24) is 15.4 Å². The van der Waals surface area contributed by atoms with Gasteiger partial charge >= 0.3 is 0 Å². The van der Waals surface area contributed by atoms with Crippen LogP contribution in [-0.4, -0.2) is 60.5 Å². The van der Waals surface area contributed by atoms with Crippen LogP contribution >= 0.6 is 0 Å². The highest BCUT2D eigenvalue weighted by Crippen LogP contribution is 2.27. The summed E-state index contributed by atoms with van der Waals surface area (Å²) < 4.78 is 35.9. The Morgan fingerprint density at radius 2 is 1.81 bits per heavy atom. The van der Waals surface area contributed by atoms with Gasteiger partial charge in [0.15, 0.2) is 17.5 Å². The Balaban J connectivity index is 2.46. The number of hydrogen-bond acceptors (Lipinski definition) is 5. The van der Waals surface area contributed by atoms with E-state index in [9.17, 15) is 8.42 Å². The number of ether oxygens (including phenoxy) is 2. The number of hydrogen-bond donors (Lipinski definition) is 3. The van der Waals surface area contributed by atoms with Gasteiger partial charge in [-0.15, -0.1) is 0 Å². The minimum atomic E-state index is -3.13. The van der Waals surface area contributed by atoms with Gasteiger partial charge in [-0.1, -0.05) is 6.07 Å². The van der Waals surface area contributed by atoms with E-state index in [1.807, 2.05) is 25.1 Å². The monoisotopic (exact) mass is 400 g/mol. The lowest BCUT2D eigenvalue weighted by Gasteiger charge is -2.13. The summed E-state index contributed by atoms with van der Waals surface area (Å²) in [6.45, 7) is 6.02. The third-order valence-electron chi connectivity index (χ3n) is 3.81. The zero-order valence-electron chi connectivity index (χ0n) is 16.7. The molecule has 27 heavy (non-hydrogen) atoms. The molecule has 0 aliphatic rings. The van der Waals surface area contributed by atoms with Crippen molar-refractivity contribution in [2.75, 3.05) is 46.2 Å². The van der Waals surface area contributed by atoms with Crippen LogP contribution in [0.25, 0.3) is 0 Å². The number of guanidine groups is 1. The molecule has 0 saturated carbocycles. The molecule has 0 heterocycles. The summed E-state index contributed by atoms with van der Waals surface area (Å²) in [6.07, 6.45) is 1.45. The third kappa shape index (κ3) is 8.96. The van der Waals surface area contributed by atoms with E-state index in [1.165, 1.54) is 0 Å². The predicted octanol–water partition coefficient (Wildman–Crippen LogP) is 1.13. The van der Waals surface area contributed by atoms with Crippen LogP contribution < -0.4 is 24.8 Å². The lowest BCUT2D eigenvalue weighted by Crippen LogP contribution is -2.38. The van der Waals surface area contributed by atoms with E-state index in [-0.39, 0.29) is 5.75 Å². The second kappa shape index (κ2) is 12.4. The third-order valence-corrected chi connectivity index (χ3v) is 5.21. The van der Waals surface area contributed by atoms with Crippen molar-refractivity contribution >= 4 is 16.0 Å². The van der Waals surface area contributed by atoms with Gasteiger partial charge in [-0.2, -0.15) is 0 Å². The minimum absolute atomic E-state index is 0.0939. The molecule has 0 aliphatic carbocycles. The molecule has 0 aromatic heterocycles. The second-order valence-electron chi connectivity index (χ2n) is 5.78. The lowest BCUT2D eigenvalue weighted by atomic mass is 10.1. The van der Waals surface area contributed by atoms with Gasteiger partial charge < -0.3 is 20.1 Å². The molecule has 0 spiro atoms. The van der Waals surface area contributed by atoms with Crippen LogP contribution in [0.2, 0.25) is 0 Å². The van der Waals surface area contributed by atoms with Crippen molar-refractivity contribution < 1.29 is 17.9 Å². The molecule has 9 heteroatoms. The van der Waals surface area contributed by atoms with Gasteiger partial charge in [-0.3, -0.25) is 4.99 Å². The zero-order chi connectivity index (χ0) is 20.1. The molecule has 0 atom stereocenters. The Hall–Kier alpha value is -2.00. The van der Waals surface area contributed by atoms with Crippen LogP contribution in [0.4, 0.5) is 0 Å². The van der Waals surface area contributed by atoms with Crippen molar-refractivity contribution in [3.05, 3.63) is 23.8 Å². The quantitative estimate of drug-likeness (QED) is 0.276. The van der Waals surface area contributed by atoms with Gasteiger partial charge in [0, 0.05) is 26.2 Å². The largest absolute Gasteiger partial charge is 0.493 e. The fraction of sp³-hybridized carbons (Fsp3) is 0.611. The van der Waals surface area contributed by atoms with E-state index < -0.39 is 10.0 Å². The van der Waals surface area contributed by atoms with Gasteiger partial charge in [-0.25, -0.2) is 13.1 Å². The second-order valence-corrected chi connectivity index (χ2v) is 7.87. The van der Waals surface area contributed by atoms with Crippen LogP contribution in [0.3, 0.4) is 0 Å². The molecule has 0 fully saturated rings. The molecule has 1 aromatic rings. The molecule has 0 amide bonds. The Labute approximate surface area is 162 Å². The maximum Gasteiger partial charge on any atom is 0.211 e. The first kappa shape index (κ1) is 23.0. The van der Waals surface area contributed by atoms with Crippen LogP contribution in [0.15, 0.2) is 23.2 Å². The maximum atomic E-state index is 11.4. The molecular formula is C18H32N4O4S. The van der Waals surface area contributed by atoms with E-state index in [0.717, 1.165) is 24.5 Å². The van der Waals surface area contributed by atoms with Crippen molar-refractivity contribution in [3.8, 4) is 11.5 Å². The van der Waals surface area contributed by atoms with E-state index in [1.54, 1.807) is 21.1 Å². The number of sulfonamides is 1. The van der Waals surface area contributed by atoms with Gasteiger partial charge in [0.2, 0.25) is 10.0 Å². The Kier molecular flexibility index (Phi) is 10.6. The normalized spacial score (nSPS) is 11.9. The number of benzene rings is 1. The number of aliphatic imine (C=N–C) groups is 1. The van der Waals surface area contributed by atoms with E-state index >= 15 is 0 Å². The predicted molar refractivity (Wildman–Crippen MR) is 109 cm³/mol. The fourth-order valence-corrected chi connectivity index (χ4v) is 2.96. The Morgan fingerprint density at radius 3 is 2.44 bits per heavy atom. The molecule has 3 N–H and O–H groups in total. The molecule has 1 aromatic carbocycles. The Bertz CT molecular complexity index is 693. The zero-order valence-corrected chi connectivity index (χ0v) is 17.5. The van der Waals surface area contributed by atoms with Gasteiger partial charge in [0.05, 0.1) is 20.0 Å². The van der Waals surface area contributed by atoms with Crippen molar-refractivity contribution in [2.45, 2.75) is 26.7 Å². The highest BCUT2D eigenvalue weighted by Gasteiger charge is 2.06. The minimum Gasteiger partial charge on any atom is -0.493 e. The Morgan fingerprint density at radius 1 is 1.07 bits per heavy atom. The van der Waals surface area contributed by atoms with Gasteiger partial charge in [0.25, 0.3) is 0 Å². The molecule has 0 bridgehead atoms. The first-order valence-corrected chi connectivity index (χ1v) is 10.8. The summed E-state index contributed by atoms with van der Waals surface area (Å²) in [7, 11) is 0.103. The van der Waals surface area contributed by atoms with Crippen molar-refractivity contribution in [3.63, 3.8) is 0 Å². The molecule has 0 radical (unpaired) electrons. The molecule has 8 nitrogen and oxygen atoms in total. The highest BCUT2D eigenvalue weighted by atomic mass is 32.2. The lowest BCUT2D eigenvalue weighted by molar-refractivity contribution is 0.354. The number of rotatable bonds is 12. The van der Waals surface area contributed by atoms with Crippen LogP contribution in [0.1, 0.15) is 25.8 Å². The summed E-state index contributed by atoms with van der Waals surface area (Å²) >= 11 is 0. The maximum absolute atomic E-state index is 11.4. The smallest absolute Gasteiger partial charge is 0.211 e. The first-order valence-electron chi connectivity index (χ1n) is 9.16. The number of nitrogens with zero attached hydrogens (tertiary/aromatic N) is 1. The summed E-state index contributed by atoms with van der Waals surface area (Å²) in [6, 6.07) is 5.86. The van der Waals surface area contributed by atoms with Crippen LogP contribution in [0, 0.1) is 0 Å². The standard InChI is InChI=1S/C18H32N4O4S/c1-5-19-18(20-11-7-12-22-27(23,24)6-2)21-13-10-15-8-9-16(25-3)17(14-15)26-4/h8-9,14,22H,5-7,10-13H2,1-4H3,(H2,19,20,21). The molecule has 0 saturated heterocycles. The fourth-order valence-electron chi connectivity index (χ4n) is 2.30. The SMILES string of the molecule is CCNC(=NCCCNS(=O)(=O)CC)NCCc1ccc(OC)c(OC)c1. The van der Waals surface area contributed by atoms with Crippen LogP contribution in [0.5, 0.6) is 11.5 Å². The van der Waals surface area contributed by atoms with E-state index in [0.29, 0.717) is 37.6 Å². The summed E-state index contributed by atoms with van der Waals surface area (Å²) in [4.78, 5) is 4.47. The van der Waals surface area contributed by atoms with Crippen LogP contribution in [-0.2, 0) is 16.4 Å². The first-order chi connectivity index (χ1) is 13.0. The number of nitrogens with one attached hydrogen (secondary N) is 3. The average Bonchev–Trinajstić information content (AvgIpc) is 2.67. The van der Waals surface area contributed by atoms with Gasteiger partial charge in [-0.05, 0) is 44.4 Å². The average molecular weight is 401 g/mol. The molecule has 1 rings (SSSR count). The number of methoxy groups -OCH3 is 2. The van der Waals surface area contributed by atoms with E-state index in [2.05, 4.69) is 20.3 Å². The van der Waals surface area contributed by atoms with Gasteiger partial charge in [0.1, 0.15) is 0 Å². The molecular weight excluding hydrogens is 368 g/mol. The topological polar surface area (TPSA) is 101 Å². The summed E-state index contributed by atoms with van der Waals surface area (Å²) in [5.74, 6) is 2.24. The van der Waals surface area contributed by atoms with Crippen molar-refractivity contribution in [1.29, 1.82) is 0 Å². The molecule has 0 unspecified atom stereocenters. The summed E-state index contributed by atoms with van der Waals surface area (Å²) in [5.41, 5.74) is 1.13. The van der Waals surface area contributed by atoms with Crippen molar-refractivity contribution in [2.24, 2.45) is 4.99 Å². The summed E-state index contributed by atoms with van der Waals surface area (Å²) in [5, 5.41) is 6.47. The molecule has 154 valence electrons. The van der Waals surface area contributed by atoms with E-state index in [4.69, 9.17) is 9.47 Å². The molecule has 0 aliphatic heterocycles.